The molecule has 0 bridgehead atoms. The molecule has 1 unspecified atom stereocenters. The smallest absolute Gasteiger partial charge is 0.390 e. The molecule has 39 heavy (non-hydrogen) atoms. The van der Waals surface area contributed by atoms with Gasteiger partial charge in [0.1, 0.15) is 5.25 Å². The zero-order valence-corrected chi connectivity index (χ0v) is 23.2. The third-order valence-corrected chi connectivity index (χ3v) is 8.98. The Kier molecular flexibility index (Phi) is 9.13. The van der Waals surface area contributed by atoms with Gasteiger partial charge in [0.2, 0.25) is 16.0 Å². The van der Waals surface area contributed by atoms with Crippen molar-refractivity contribution in [2.24, 2.45) is 5.14 Å². The molecule has 0 amide bonds. The maximum Gasteiger partial charge on any atom is 0.390 e. The van der Waals surface area contributed by atoms with Crippen LogP contribution in [0.4, 0.5) is 19.1 Å². The van der Waals surface area contributed by atoms with Gasteiger partial charge in [-0.2, -0.15) is 13.2 Å². The summed E-state index contributed by atoms with van der Waals surface area (Å²) in [5.41, 5.74) is 0.826. The zero-order chi connectivity index (χ0) is 28.4. The number of anilines is 1. The summed E-state index contributed by atoms with van der Waals surface area (Å²) in [5.74, 6) is 0.356. The van der Waals surface area contributed by atoms with E-state index < -0.39 is 34.0 Å². The van der Waals surface area contributed by atoms with E-state index in [2.05, 4.69) is 15.3 Å². The second-order valence-corrected chi connectivity index (χ2v) is 12.4. The van der Waals surface area contributed by atoms with Gasteiger partial charge in [0.15, 0.2) is 0 Å². The summed E-state index contributed by atoms with van der Waals surface area (Å²) in [6, 6.07) is 5.88. The van der Waals surface area contributed by atoms with Crippen molar-refractivity contribution >= 4 is 38.9 Å². The molecule has 0 aliphatic carbocycles. The summed E-state index contributed by atoms with van der Waals surface area (Å²) in [6.07, 6.45) is -4.11. The van der Waals surface area contributed by atoms with Crippen molar-refractivity contribution in [3.05, 3.63) is 46.1 Å². The van der Waals surface area contributed by atoms with Crippen molar-refractivity contribution in [2.75, 3.05) is 25.1 Å². The predicted molar refractivity (Wildman–Crippen MR) is 143 cm³/mol. The van der Waals surface area contributed by atoms with E-state index in [0.29, 0.717) is 29.5 Å². The molecule has 4 N–H and O–H groups in total. The number of thiazole rings is 1. The number of hydrogen-bond acceptors (Lipinski definition) is 9. The first-order valence-electron chi connectivity index (χ1n) is 12.0. The number of aliphatic hydroxyl groups is 1. The molecule has 3 heterocycles. The quantitative estimate of drug-likeness (QED) is 0.313. The normalized spacial score (nSPS) is 16.7. The Labute approximate surface area is 232 Å². The molecule has 1 aliphatic rings. The minimum atomic E-state index is -4.80. The lowest BCUT2D eigenvalue weighted by Gasteiger charge is -2.20. The molecule has 0 spiro atoms. The van der Waals surface area contributed by atoms with Gasteiger partial charge in [-0.1, -0.05) is 29.8 Å². The van der Waals surface area contributed by atoms with E-state index in [-0.39, 0.29) is 34.6 Å². The van der Waals surface area contributed by atoms with Crippen LogP contribution in [0, 0.1) is 0 Å². The number of rotatable bonds is 9. The maximum absolute atomic E-state index is 13.3. The molecule has 2 aromatic heterocycles. The predicted octanol–water partition coefficient (Wildman–Crippen LogP) is 4.89. The third kappa shape index (κ3) is 7.44. The highest BCUT2D eigenvalue weighted by atomic mass is 35.5. The number of ether oxygens (including phenoxy) is 1. The maximum atomic E-state index is 13.3. The molecular formula is C24H27ClF3N5O4S2. The van der Waals surface area contributed by atoms with E-state index in [1.165, 1.54) is 29.7 Å². The van der Waals surface area contributed by atoms with Gasteiger partial charge in [0.25, 0.3) is 0 Å². The lowest BCUT2D eigenvalue weighted by molar-refractivity contribution is -0.134. The number of halogens is 4. The molecule has 9 nitrogen and oxygen atoms in total. The summed E-state index contributed by atoms with van der Waals surface area (Å²) in [4.78, 5) is 14.1. The fourth-order valence-electron chi connectivity index (χ4n) is 4.22. The van der Waals surface area contributed by atoms with Crippen LogP contribution in [0.1, 0.15) is 47.9 Å². The minimum absolute atomic E-state index is 0.0928. The highest BCUT2D eigenvalue weighted by Gasteiger charge is 2.39. The molecule has 2 atom stereocenters. The number of alkyl halides is 3. The van der Waals surface area contributed by atoms with E-state index >= 15 is 0 Å². The van der Waals surface area contributed by atoms with Crippen LogP contribution in [0.3, 0.4) is 0 Å². The zero-order valence-electron chi connectivity index (χ0n) is 20.8. The standard InChI is InChI=1S/C24H27ClF3N5O4S2/c1-13(34)12-31-23-30-8-5-17(32-23)21-20(33-22(38-21)14-6-9-37-10-7-14)16-4-2-3-15(19(16)25)18(39(29,35)36)11-24(26,27)28/h2-5,8,13-14,18,34H,6-7,9-12H2,1H3,(H2,29,35,36)(H,30,31,32)/t13-,18?/m1/s1. The van der Waals surface area contributed by atoms with Crippen LogP contribution in [0.15, 0.2) is 30.5 Å². The fourth-order valence-corrected chi connectivity index (χ4v) is 6.82. The molecule has 212 valence electrons. The number of nitrogens with one attached hydrogen (secondary N) is 1. The molecule has 4 rings (SSSR count). The second kappa shape index (κ2) is 12.0. The average Bonchev–Trinajstić information content (AvgIpc) is 3.31. The van der Waals surface area contributed by atoms with Crippen LogP contribution in [0.25, 0.3) is 21.8 Å². The SMILES string of the molecule is C[C@@H](O)CNc1nccc(-c2sc(C3CCOCC3)nc2-c2cccc(C(CC(F)(F)F)S(N)(=O)=O)c2Cl)n1. The first kappa shape index (κ1) is 29.6. The van der Waals surface area contributed by atoms with E-state index in [1.807, 2.05) is 0 Å². The number of sulfonamides is 1. The molecule has 1 saturated heterocycles. The first-order chi connectivity index (χ1) is 18.3. The number of primary sulfonamides is 1. The number of nitrogens with zero attached hydrogens (tertiary/aromatic N) is 3. The van der Waals surface area contributed by atoms with Crippen molar-refractivity contribution in [1.29, 1.82) is 0 Å². The minimum Gasteiger partial charge on any atom is -0.392 e. The van der Waals surface area contributed by atoms with E-state index in [9.17, 15) is 26.7 Å². The second-order valence-electron chi connectivity index (χ2n) is 9.22. The van der Waals surface area contributed by atoms with Crippen LogP contribution in [-0.4, -0.2) is 60.5 Å². The highest BCUT2D eigenvalue weighted by Crippen LogP contribution is 2.45. The van der Waals surface area contributed by atoms with Crippen LogP contribution in [0.5, 0.6) is 0 Å². The number of aliphatic hydroxyl groups excluding tert-OH is 1. The Hall–Kier alpha value is -2.36. The van der Waals surface area contributed by atoms with Crippen LogP contribution >= 0.6 is 22.9 Å². The molecular weight excluding hydrogens is 579 g/mol. The fraction of sp³-hybridized carbons (Fsp3) is 0.458. The Morgan fingerprint density at radius 3 is 2.62 bits per heavy atom. The average molecular weight is 606 g/mol. The third-order valence-electron chi connectivity index (χ3n) is 6.10. The molecule has 1 fully saturated rings. The number of nitrogens with two attached hydrogens (primary N) is 1. The summed E-state index contributed by atoms with van der Waals surface area (Å²) in [7, 11) is -4.65. The van der Waals surface area contributed by atoms with Crippen molar-refractivity contribution in [3.8, 4) is 21.8 Å². The summed E-state index contributed by atoms with van der Waals surface area (Å²) < 4.78 is 69.8. The molecule has 1 aromatic carbocycles. The number of benzene rings is 1. The monoisotopic (exact) mass is 605 g/mol. The van der Waals surface area contributed by atoms with Crippen molar-refractivity contribution < 1.29 is 31.4 Å². The summed E-state index contributed by atoms with van der Waals surface area (Å²) >= 11 is 8.00. The van der Waals surface area contributed by atoms with Crippen LogP contribution in [0.2, 0.25) is 5.02 Å². The Bertz CT molecular complexity index is 1410. The van der Waals surface area contributed by atoms with Gasteiger partial charge < -0.3 is 15.2 Å². The van der Waals surface area contributed by atoms with Gasteiger partial charge in [0, 0.05) is 37.4 Å². The van der Waals surface area contributed by atoms with E-state index in [1.54, 1.807) is 19.1 Å². The lowest BCUT2D eigenvalue weighted by Crippen LogP contribution is -2.27. The van der Waals surface area contributed by atoms with Gasteiger partial charge in [-0.3, -0.25) is 0 Å². The highest BCUT2D eigenvalue weighted by molar-refractivity contribution is 7.89. The molecule has 1 aliphatic heterocycles. The number of hydrogen-bond donors (Lipinski definition) is 3. The first-order valence-corrected chi connectivity index (χ1v) is 14.8. The Morgan fingerprint density at radius 1 is 1.26 bits per heavy atom. The molecule has 15 heteroatoms. The van der Waals surface area contributed by atoms with Crippen molar-refractivity contribution in [2.45, 2.75) is 49.6 Å². The Morgan fingerprint density at radius 2 is 1.97 bits per heavy atom. The van der Waals surface area contributed by atoms with Gasteiger partial charge >= 0.3 is 6.18 Å². The van der Waals surface area contributed by atoms with E-state index in [4.69, 9.17) is 26.5 Å². The molecule has 3 aromatic rings. The Balaban J connectivity index is 1.85. The van der Waals surface area contributed by atoms with Gasteiger partial charge in [-0.15, -0.1) is 11.3 Å². The van der Waals surface area contributed by atoms with Crippen LogP contribution < -0.4 is 10.5 Å². The lowest BCUT2D eigenvalue weighted by atomic mass is 10.0. The van der Waals surface area contributed by atoms with E-state index in [0.717, 1.165) is 17.8 Å². The van der Waals surface area contributed by atoms with Crippen LogP contribution in [-0.2, 0) is 14.8 Å². The summed E-state index contributed by atoms with van der Waals surface area (Å²) in [5, 5.41) is 16.3. The van der Waals surface area contributed by atoms with Gasteiger partial charge in [-0.25, -0.2) is 28.5 Å². The molecule has 0 saturated carbocycles. The largest absolute Gasteiger partial charge is 0.392 e. The topological polar surface area (TPSA) is 140 Å². The molecule has 0 radical (unpaired) electrons. The van der Waals surface area contributed by atoms with Crippen molar-refractivity contribution in [3.63, 3.8) is 0 Å². The summed E-state index contributed by atoms with van der Waals surface area (Å²) in [6.45, 7) is 2.97. The number of aromatic nitrogens is 3. The van der Waals surface area contributed by atoms with Gasteiger partial charge in [-0.05, 0) is 31.4 Å². The van der Waals surface area contributed by atoms with Crippen molar-refractivity contribution in [1.82, 2.24) is 15.0 Å². The van der Waals surface area contributed by atoms with Gasteiger partial charge in [0.05, 0.1) is 38.8 Å².